The second-order valence-electron chi connectivity index (χ2n) is 4.85. The smallest absolute Gasteiger partial charge is 0.167 e. The lowest BCUT2D eigenvalue weighted by molar-refractivity contribution is 0.321. The average molecular weight is 252 g/mol. The molecule has 0 amide bonds. The maximum absolute atomic E-state index is 13.7. The standard InChI is InChI=1S/C14H21FN2O/c1-2-18-14-7-6-12(9-13(14)15)17-11-5-3-4-10(16)8-11/h6-7,9-11,17H,2-5,8,16H2,1H3. The predicted octanol–water partition coefficient (Wildman–Crippen LogP) is 2.91. The van der Waals surface area contributed by atoms with Crippen molar-refractivity contribution in [2.45, 2.75) is 44.7 Å². The van der Waals surface area contributed by atoms with E-state index in [1.165, 1.54) is 6.07 Å². The van der Waals surface area contributed by atoms with Crippen LogP contribution in [-0.4, -0.2) is 18.7 Å². The van der Waals surface area contributed by atoms with E-state index in [4.69, 9.17) is 10.5 Å². The van der Waals surface area contributed by atoms with Gasteiger partial charge in [0.2, 0.25) is 0 Å². The summed E-state index contributed by atoms with van der Waals surface area (Å²) < 4.78 is 18.9. The third kappa shape index (κ3) is 3.35. The first-order chi connectivity index (χ1) is 8.69. The molecule has 0 spiro atoms. The van der Waals surface area contributed by atoms with E-state index in [1.807, 2.05) is 13.0 Å². The lowest BCUT2D eigenvalue weighted by Gasteiger charge is -2.28. The minimum absolute atomic E-state index is 0.267. The van der Waals surface area contributed by atoms with Crippen molar-refractivity contribution in [1.82, 2.24) is 0 Å². The molecule has 4 heteroatoms. The molecule has 2 rings (SSSR count). The van der Waals surface area contributed by atoms with Crippen molar-refractivity contribution in [3.63, 3.8) is 0 Å². The fraction of sp³-hybridized carbons (Fsp3) is 0.571. The third-order valence-corrected chi connectivity index (χ3v) is 3.32. The predicted molar refractivity (Wildman–Crippen MR) is 71.4 cm³/mol. The van der Waals surface area contributed by atoms with Gasteiger partial charge >= 0.3 is 0 Å². The van der Waals surface area contributed by atoms with Crippen LogP contribution < -0.4 is 15.8 Å². The Morgan fingerprint density at radius 2 is 2.28 bits per heavy atom. The molecule has 0 aromatic heterocycles. The number of halogens is 1. The van der Waals surface area contributed by atoms with Gasteiger partial charge in [-0.25, -0.2) is 4.39 Å². The molecule has 0 saturated heterocycles. The van der Waals surface area contributed by atoms with E-state index in [0.717, 1.165) is 31.4 Å². The maximum Gasteiger partial charge on any atom is 0.167 e. The summed E-state index contributed by atoms with van der Waals surface area (Å²) in [7, 11) is 0. The highest BCUT2D eigenvalue weighted by Crippen LogP contribution is 2.25. The van der Waals surface area contributed by atoms with Crippen molar-refractivity contribution in [3.05, 3.63) is 24.0 Å². The maximum atomic E-state index is 13.7. The number of benzene rings is 1. The molecule has 0 heterocycles. The van der Waals surface area contributed by atoms with Crippen LogP contribution in [0.1, 0.15) is 32.6 Å². The van der Waals surface area contributed by atoms with Crippen LogP contribution in [0.5, 0.6) is 5.75 Å². The second-order valence-corrected chi connectivity index (χ2v) is 4.85. The van der Waals surface area contributed by atoms with Gasteiger partial charge < -0.3 is 15.8 Å². The lowest BCUT2D eigenvalue weighted by atomic mass is 9.91. The molecule has 1 aliphatic carbocycles. The van der Waals surface area contributed by atoms with Gasteiger partial charge in [-0.05, 0) is 44.7 Å². The van der Waals surface area contributed by atoms with Gasteiger partial charge in [0.05, 0.1) is 6.61 Å². The highest BCUT2D eigenvalue weighted by molar-refractivity contribution is 5.48. The Hall–Kier alpha value is -1.29. The van der Waals surface area contributed by atoms with Crippen molar-refractivity contribution in [1.29, 1.82) is 0 Å². The lowest BCUT2D eigenvalue weighted by Crippen LogP contribution is -2.34. The highest BCUT2D eigenvalue weighted by Gasteiger charge is 2.19. The van der Waals surface area contributed by atoms with E-state index < -0.39 is 0 Å². The van der Waals surface area contributed by atoms with Crippen LogP contribution in [0.4, 0.5) is 10.1 Å². The molecule has 18 heavy (non-hydrogen) atoms. The van der Waals surface area contributed by atoms with E-state index in [2.05, 4.69) is 5.32 Å². The van der Waals surface area contributed by atoms with Gasteiger partial charge in [-0.2, -0.15) is 0 Å². The zero-order valence-corrected chi connectivity index (χ0v) is 10.8. The van der Waals surface area contributed by atoms with Gasteiger partial charge in [0.25, 0.3) is 0 Å². The number of nitrogens with one attached hydrogen (secondary N) is 1. The van der Waals surface area contributed by atoms with Crippen LogP contribution in [-0.2, 0) is 0 Å². The first-order valence-corrected chi connectivity index (χ1v) is 6.63. The fourth-order valence-corrected chi connectivity index (χ4v) is 2.46. The van der Waals surface area contributed by atoms with Crippen LogP contribution >= 0.6 is 0 Å². The number of anilines is 1. The number of rotatable bonds is 4. The van der Waals surface area contributed by atoms with Crippen molar-refractivity contribution in [2.24, 2.45) is 5.73 Å². The molecular weight excluding hydrogens is 231 g/mol. The molecule has 0 aliphatic heterocycles. The van der Waals surface area contributed by atoms with Crippen LogP contribution in [0.2, 0.25) is 0 Å². The molecule has 100 valence electrons. The average Bonchev–Trinajstić information content (AvgIpc) is 2.33. The molecule has 0 radical (unpaired) electrons. The number of hydrogen-bond acceptors (Lipinski definition) is 3. The zero-order valence-electron chi connectivity index (χ0n) is 10.8. The summed E-state index contributed by atoms with van der Waals surface area (Å²) in [6.45, 7) is 2.32. The minimum Gasteiger partial charge on any atom is -0.491 e. The number of ether oxygens (including phenoxy) is 1. The Morgan fingerprint density at radius 3 is 2.94 bits per heavy atom. The minimum atomic E-state index is -0.318. The SMILES string of the molecule is CCOc1ccc(NC2CCCC(N)C2)cc1F. The summed E-state index contributed by atoms with van der Waals surface area (Å²) in [5.41, 5.74) is 6.74. The van der Waals surface area contributed by atoms with Gasteiger partial charge in [0, 0.05) is 23.8 Å². The summed E-state index contributed by atoms with van der Waals surface area (Å²) in [4.78, 5) is 0. The molecular formula is C14H21FN2O. The highest BCUT2D eigenvalue weighted by atomic mass is 19.1. The van der Waals surface area contributed by atoms with E-state index >= 15 is 0 Å². The Balaban J connectivity index is 1.99. The largest absolute Gasteiger partial charge is 0.491 e. The Morgan fingerprint density at radius 1 is 1.44 bits per heavy atom. The van der Waals surface area contributed by atoms with Crippen LogP contribution in [0, 0.1) is 5.82 Å². The molecule has 2 unspecified atom stereocenters. The summed E-state index contributed by atoms with van der Waals surface area (Å²) in [6, 6.07) is 5.64. The topological polar surface area (TPSA) is 47.3 Å². The molecule has 1 aromatic rings. The summed E-state index contributed by atoms with van der Waals surface area (Å²) in [6.07, 6.45) is 4.28. The molecule has 1 aromatic carbocycles. The van der Waals surface area contributed by atoms with E-state index in [0.29, 0.717) is 18.4 Å². The zero-order chi connectivity index (χ0) is 13.0. The van der Waals surface area contributed by atoms with Gasteiger partial charge in [0.15, 0.2) is 11.6 Å². The molecule has 0 bridgehead atoms. The summed E-state index contributed by atoms with van der Waals surface area (Å²) in [5.74, 6) is -0.00893. The molecule has 2 atom stereocenters. The summed E-state index contributed by atoms with van der Waals surface area (Å²) >= 11 is 0. The number of hydrogen-bond donors (Lipinski definition) is 2. The second kappa shape index (κ2) is 6.05. The third-order valence-electron chi connectivity index (χ3n) is 3.32. The van der Waals surface area contributed by atoms with Crippen molar-refractivity contribution >= 4 is 5.69 Å². The molecule has 3 nitrogen and oxygen atoms in total. The monoisotopic (exact) mass is 252 g/mol. The first-order valence-electron chi connectivity index (χ1n) is 6.63. The van der Waals surface area contributed by atoms with E-state index in [-0.39, 0.29) is 11.9 Å². The molecule has 3 N–H and O–H groups in total. The normalized spacial score (nSPS) is 23.7. The first kappa shape index (κ1) is 13.1. The van der Waals surface area contributed by atoms with E-state index in [1.54, 1.807) is 6.07 Å². The van der Waals surface area contributed by atoms with Gasteiger partial charge in [-0.15, -0.1) is 0 Å². The van der Waals surface area contributed by atoms with Crippen molar-refractivity contribution in [2.75, 3.05) is 11.9 Å². The van der Waals surface area contributed by atoms with Gasteiger partial charge in [-0.3, -0.25) is 0 Å². The molecule has 1 aliphatic rings. The van der Waals surface area contributed by atoms with Crippen LogP contribution in [0.25, 0.3) is 0 Å². The summed E-state index contributed by atoms with van der Waals surface area (Å²) in [5, 5.41) is 3.35. The van der Waals surface area contributed by atoms with Crippen molar-refractivity contribution in [3.8, 4) is 5.75 Å². The quantitative estimate of drug-likeness (QED) is 0.866. The Bertz CT molecular complexity index is 397. The Kier molecular flexibility index (Phi) is 4.42. The Labute approximate surface area is 108 Å². The fourth-order valence-electron chi connectivity index (χ4n) is 2.46. The molecule has 1 saturated carbocycles. The molecule has 1 fully saturated rings. The van der Waals surface area contributed by atoms with Gasteiger partial charge in [0.1, 0.15) is 0 Å². The van der Waals surface area contributed by atoms with Crippen LogP contribution in [0.15, 0.2) is 18.2 Å². The number of nitrogens with two attached hydrogens (primary N) is 1. The van der Waals surface area contributed by atoms with Crippen molar-refractivity contribution < 1.29 is 9.13 Å². The van der Waals surface area contributed by atoms with Crippen LogP contribution in [0.3, 0.4) is 0 Å². The van der Waals surface area contributed by atoms with E-state index in [9.17, 15) is 4.39 Å². The van der Waals surface area contributed by atoms with Gasteiger partial charge in [-0.1, -0.05) is 0 Å².